The number of hydrogen-bond acceptors (Lipinski definition) is 6. The van der Waals surface area contributed by atoms with Crippen molar-refractivity contribution in [1.29, 1.82) is 0 Å². The van der Waals surface area contributed by atoms with Crippen LogP contribution in [0.25, 0.3) is 11.0 Å². The second-order valence-corrected chi connectivity index (χ2v) is 5.19. The number of carbonyl (C=O) groups is 2. The number of amides is 1. The topological polar surface area (TPSA) is 94.6 Å². The Kier molecular flexibility index (Phi) is 4.33. The first kappa shape index (κ1) is 15.8. The predicted molar refractivity (Wildman–Crippen MR) is 86.0 cm³/mol. The number of carbonyl (C=O) groups excluding carboxylic acids is 2. The summed E-state index contributed by atoms with van der Waals surface area (Å²) in [4.78, 5) is 24.7. The number of fused-ring (bicyclic) bond motifs is 1. The first-order chi connectivity index (χ1) is 11.6. The average molecular weight is 328 g/mol. The van der Waals surface area contributed by atoms with Gasteiger partial charge in [-0.3, -0.25) is 4.79 Å². The van der Waals surface area contributed by atoms with Crippen LogP contribution in [0.4, 0.5) is 5.69 Å². The molecular formula is C17H16N2O5. The summed E-state index contributed by atoms with van der Waals surface area (Å²) >= 11 is 0. The molecule has 7 heteroatoms. The van der Waals surface area contributed by atoms with Gasteiger partial charge in [-0.2, -0.15) is 0 Å². The number of rotatable bonds is 5. The molecule has 0 unspecified atom stereocenters. The fourth-order valence-electron chi connectivity index (χ4n) is 2.27. The van der Waals surface area contributed by atoms with Crippen molar-refractivity contribution < 1.29 is 23.3 Å². The van der Waals surface area contributed by atoms with Crippen LogP contribution in [0, 0.1) is 6.92 Å². The maximum absolute atomic E-state index is 12.4. The van der Waals surface area contributed by atoms with Crippen molar-refractivity contribution in [2.24, 2.45) is 0 Å². The van der Waals surface area contributed by atoms with E-state index in [2.05, 4.69) is 10.5 Å². The number of benzene rings is 1. The highest BCUT2D eigenvalue weighted by molar-refractivity contribution is 6.13. The maximum Gasteiger partial charge on any atom is 0.376 e. The van der Waals surface area contributed by atoms with Gasteiger partial charge in [0, 0.05) is 5.39 Å². The minimum absolute atomic E-state index is 0.0351. The van der Waals surface area contributed by atoms with Gasteiger partial charge in [0.2, 0.25) is 5.76 Å². The molecule has 2 aromatic heterocycles. The average Bonchev–Trinajstić information content (AvgIpc) is 3.17. The lowest BCUT2D eigenvalue weighted by molar-refractivity contribution is 0.0473. The summed E-state index contributed by atoms with van der Waals surface area (Å²) in [5.74, 6) is -0.710. The minimum atomic E-state index is -0.620. The largest absolute Gasteiger partial charge is 0.460 e. The van der Waals surface area contributed by atoms with Crippen LogP contribution < -0.4 is 5.32 Å². The molecule has 3 aromatic rings. The van der Waals surface area contributed by atoms with Gasteiger partial charge >= 0.3 is 5.97 Å². The summed E-state index contributed by atoms with van der Waals surface area (Å²) in [5.41, 5.74) is 1.05. The number of hydrogen-bond donors (Lipinski definition) is 1. The molecule has 1 aromatic carbocycles. The molecule has 7 nitrogen and oxygen atoms in total. The number of nitrogens with zero attached hydrogens (tertiary/aromatic N) is 1. The zero-order valence-electron chi connectivity index (χ0n) is 13.3. The molecule has 0 atom stereocenters. The predicted octanol–water partition coefficient (Wildman–Crippen LogP) is 3.55. The van der Waals surface area contributed by atoms with Gasteiger partial charge in [0.15, 0.2) is 0 Å². The van der Waals surface area contributed by atoms with Gasteiger partial charge in [-0.25, -0.2) is 4.79 Å². The maximum atomic E-state index is 12.4. The summed E-state index contributed by atoms with van der Waals surface area (Å²) < 4.78 is 15.6. The number of esters is 1. The fourth-order valence-corrected chi connectivity index (χ4v) is 2.27. The highest BCUT2D eigenvalue weighted by Gasteiger charge is 2.24. The Morgan fingerprint density at radius 3 is 2.79 bits per heavy atom. The molecule has 1 N–H and O–H groups in total. The third-order valence-corrected chi connectivity index (χ3v) is 3.45. The van der Waals surface area contributed by atoms with Crippen molar-refractivity contribution in [2.75, 3.05) is 11.9 Å². The first-order valence-electron chi connectivity index (χ1n) is 7.53. The number of aromatic nitrogens is 1. The summed E-state index contributed by atoms with van der Waals surface area (Å²) in [5, 5.41) is 6.90. The molecule has 2 heterocycles. The Morgan fingerprint density at radius 2 is 2.08 bits per heavy atom. The lowest BCUT2D eigenvalue weighted by atomic mass is 10.2. The van der Waals surface area contributed by atoms with E-state index in [1.807, 2.05) is 6.92 Å². The Bertz CT molecular complexity index is 893. The van der Waals surface area contributed by atoms with Crippen LogP contribution in [-0.4, -0.2) is 23.6 Å². The van der Waals surface area contributed by atoms with Crippen LogP contribution in [-0.2, 0) is 4.74 Å². The molecule has 124 valence electrons. The van der Waals surface area contributed by atoms with E-state index in [-0.39, 0.29) is 23.6 Å². The van der Waals surface area contributed by atoms with Crippen LogP contribution >= 0.6 is 0 Å². The quantitative estimate of drug-likeness (QED) is 0.720. The molecule has 1 amide bonds. The van der Waals surface area contributed by atoms with E-state index in [4.69, 9.17) is 13.7 Å². The van der Waals surface area contributed by atoms with Crippen molar-refractivity contribution in [2.45, 2.75) is 20.3 Å². The summed E-state index contributed by atoms with van der Waals surface area (Å²) in [6.45, 7) is 3.79. The molecule has 0 bridgehead atoms. The number of anilines is 1. The second-order valence-electron chi connectivity index (χ2n) is 5.19. The highest BCUT2D eigenvalue weighted by atomic mass is 16.5. The molecule has 0 aliphatic rings. The van der Waals surface area contributed by atoms with E-state index in [1.54, 1.807) is 31.2 Å². The van der Waals surface area contributed by atoms with Crippen LogP contribution in [0.15, 0.2) is 39.4 Å². The van der Waals surface area contributed by atoms with Crippen molar-refractivity contribution in [1.82, 2.24) is 5.16 Å². The number of furan rings is 1. The summed E-state index contributed by atoms with van der Waals surface area (Å²) in [6.07, 6.45) is 2.01. The first-order valence-corrected chi connectivity index (χ1v) is 7.53. The Hall–Kier alpha value is -3.09. The lowest BCUT2D eigenvalue weighted by Crippen LogP contribution is -2.15. The Morgan fingerprint density at radius 1 is 1.29 bits per heavy atom. The standard InChI is InChI=1S/C17H16N2O5/c1-3-8-22-17(21)15-14(11-6-4-5-7-13(11)23-15)19-16(20)12-9-18-24-10(12)2/h4-7,9H,3,8H2,1-2H3,(H,19,20). The van der Waals surface area contributed by atoms with Crippen molar-refractivity contribution in [3.05, 3.63) is 47.5 Å². The molecule has 0 saturated heterocycles. The molecule has 24 heavy (non-hydrogen) atoms. The van der Waals surface area contributed by atoms with Crippen LogP contribution in [0.1, 0.15) is 40.0 Å². The van der Waals surface area contributed by atoms with E-state index >= 15 is 0 Å². The smallest absolute Gasteiger partial charge is 0.376 e. The van der Waals surface area contributed by atoms with Gasteiger partial charge in [0.25, 0.3) is 5.91 Å². The van der Waals surface area contributed by atoms with E-state index in [1.165, 1.54) is 6.20 Å². The normalized spacial score (nSPS) is 10.8. The number of aryl methyl sites for hydroxylation is 1. The Labute approximate surface area is 137 Å². The zero-order chi connectivity index (χ0) is 17.1. The zero-order valence-corrected chi connectivity index (χ0v) is 13.3. The monoisotopic (exact) mass is 328 g/mol. The number of ether oxygens (including phenoxy) is 1. The van der Waals surface area contributed by atoms with Gasteiger partial charge in [0.05, 0.1) is 12.8 Å². The third-order valence-electron chi connectivity index (χ3n) is 3.45. The SMILES string of the molecule is CCCOC(=O)c1oc2ccccc2c1NC(=O)c1cnoc1C. The van der Waals surface area contributed by atoms with Gasteiger partial charge in [-0.05, 0) is 25.5 Å². The van der Waals surface area contributed by atoms with Crippen LogP contribution in [0.2, 0.25) is 0 Å². The van der Waals surface area contributed by atoms with Gasteiger partial charge < -0.3 is 19.0 Å². The van der Waals surface area contributed by atoms with Crippen molar-refractivity contribution in [3.8, 4) is 0 Å². The van der Waals surface area contributed by atoms with Crippen molar-refractivity contribution >= 4 is 28.5 Å². The van der Waals surface area contributed by atoms with Crippen LogP contribution in [0.5, 0.6) is 0 Å². The minimum Gasteiger partial charge on any atom is -0.460 e. The second kappa shape index (κ2) is 6.57. The fraction of sp³-hybridized carbons (Fsp3) is 0.235. The van der Waals surface area contributed by atoms with E-state index in [0.717, 1.165) is 0 Å². The molecule has 0 spiro atoms. The van der Waals surface area contributed by atoms with E-state index in [9.17, 15) is 9.59 Å². The highest BCUT2D eigenvalue weighted by Crippen LogP contribution is 2.32. The molecule has 0 radical (unpaired) electrons. The molecule has 0 saturated carbocycles. The molecule has 0 aliphatic heterocycles. The number of para-hydroxylation sites is 1. The van der Waals surface area contributed by atoms with Crippen molar-refractivity contribution in [3.63, 3.8) is 0 Å². The Balaban J connectivity index is 2.00. The molecular weight excluding hydrogens is 312 g/mol. The molecule has 0 aliphatic carbocycles. The molecule has 0 fully saturated rings. The summed E-state index contributed by atoms with van der Waals surface area (Å²) in [7, 11) is 0. The lowest BCUT2D eigenvalue weighted by Gasteiger charge is -2.05. The molecule has 3 rings (SSSR count). The van der Waals surface area contributed by atoms with Crippen LogP contribution in [0.3, 0.4) is 0 Å². The van der Waals surface area contributed by atoms with Gasteiger partial charge in [-0.15, -0.1) is 0 Å². The number of nitrogens with one attached hydrogen (secondary N) is 1. The third kappa shape index (κ3) is 2.88. The van der Waals surface area contributed by atoms with E-state index < -0.39 is 11.9 Å². The summed E-state index contributed by atoms with van der Waals surface area (Å²) in [6, 6.07) is 7.04. The van der Waals surface area contributed by atoms with Gasteiger partial charge in [-0.1, -0.05) is 24.2 Å². The van der Waals surface area contributed by atoms with Gasteiger partial charge in [0.1, 0.15) is 22.6 Å². The van der Waals surface area contributed by atoms with E-state index in [0.29, 0.717) is 23.2 Å².